The highest BCUT2D eigenvalue weighted by atomic mass is 16.2. The quantitative estimate of drug-likeness (QED) is 0.833. The van der Waals surface area contributed by atoms with E-state index in [9.17, 15) is 4.79 Å². The Kier molecular flexibility index (Phi) is 4.59. The maximum atomic E-state index is 12.4. The number of aryl methyl sites for hydroxylation is 1. The number of rotatable bonds is 3. The highest BCUT2D eigenvalue weighted by Crippen LogP contribution is 2.17. The third kappa shape index (κ3) is 3.35. The molecule has 0 aliphatic carbocycles. The first kappa shape index (κ1) is 14.1. The lowest BCUT2D eigenvalue weighted by atomic mass is 10.0. The van der Waals surface area contributed by atoms with Crippen molar-refractivity contribution in [2.45, 2.75) is 32.2 Å². The summed E-state index contributed by atoms with van der Waals surface area (Å²) in [5.41, 5.74) is 2.08. The summed E-state index contributed by atoms with van der Waals surface area (Å²) in [5, 5.41) is 0. The fourth-order valence-electron chi connectivity index (χ4n) is 2.63. The van der Waals surface area contributed by atoms with Crippen LogP contribution in [-0.2, 0) is 6.42 Å². The van der Waals surface area contributed by atoms with Gasteiger partial charge in [-0.05, 0) is 57.1 Å². The van der Waals surface area contributed by atoms with Crippen LogP contribution in [0.4, 0.5) is 0 Å². The standard InChI is InChI=1S/C16H24N2O/c1-4-13-5-7-14(8-6-13)16(19)18(3)15-9-11-17(2)12-10-15/h5-8,15H,4,9-12H2,1-3H3. The van der Waals surface area contributed by atoms with Gasteiger partial charge in [0.05, 0.1) is 0 Å². The normalized spacial score (nSPS) is 17.4. The number of hydrogen-bond acceptors (Lipinski definition) is 2. The van der Waals surface area contributed by atoms with Crippen LogP contribution in [0, 0.1) is 0 Å². The number of likely N-dealkylation sites (tertiary alicyclic amines) is 1. The maximum Gasteiger partial charge on any atom is 0.253 e. The van der Waals surface area contributed by atoms with Crippen molar-refractivity contribution in [3.63, 3.8) is 0 Å². The Morgan fingerprint density at radius 2 is 1.84 bits per heavy atom. The molecule has 1 amide bonds. The van der Waals surface area contributed by atoms with E-state index in [0.717, 1.165) is 37.9 Å². The molecule has 1 fully saturated rings. The van der Waals surface area contributed by atoms with Crippen molar-refractivity contribution in [3.8, 4) is 0 Å². The average Bonchev–Trinajstić information content (AvgIpc) is 2.46. The van der Waals surface area contributed by atoms with E-state index >= 15 is 0 Å². The Labute approximate surface area is 116 Å². The van der Waals surface area contributed by atoms with Gasteiger partial charge in [0, 0.05) is 18.7 Å². The molecule has 2 rings (SSSR count). The fraction of sp³-hybridized carbons (Fsp3) is 0.562. The molecule has 1 heterocycles. The second kappa shape index (κ2) is 6.20. The van der Waals surface area contributed by atoms with E-state index in [4.69, 9.17) is 0 Å². The Morgan fingerprint density at radius 3 is 2.37 bits per heavy atom. The molecule has 1 aliphatic heterocycles. The van der Waals surface area contributed by atoms with Crippen molar-refractivity contribution in [2.24, 2.45) is 0 Å². The second-order valence-corrected chi connectivity index (χ2v) is 5.50. The van der Waals surface area contributed by atoms with Crippen LogP contribution < -0.4 is 0 Å². The Bertz CT molecular complexity index is 419. The third-order valence-corrected chi connectivity index (χ3v) is 4.17. The molecule has 3 nitrogen and oxygen atoms in total. The molecule has 19 heavy (non-hydrogen) atoms. The van der Waals surface area contributed by atoms with Gasteiger partial charge in [0.25, 0.3) is 5.91 Å². The van der Waals surface area contributed by atoms with Crippen molar-refractivity contribution in [1.82, 2.24) is 9.80 Å². The number of piperidine rings is 1. The summed E-state index contributed by atoms with van der Waals surface area (Å²) >= 11 is 0. The minimum atomic E-state index is 0.150. The number of carbonyl (C=O) groups excluding carboxylic acids is 1. The van der Waals surface area contributed by atoms with E-state index in [2.05, 4.69) is 31.0 Å². The zero-order valence-electron chi connectivity index (χ0n) is 12.2. The predicted molar refractivity (Wildman–Crippen MR) is 78.4 cm³/mol. The van der Waals surface area contributed by atoms with E-state index in [1.807, 2.05) is 24.1 Å². The number of carbonyl (C=O) groups is 1. The van der Waals surface area contributed by atoms with Crippen molar-refractivity contribution in [1.29, 1.82) is 0 Å². The Morgan fingerprint density at radius 1 is 1.26 bits per heavy atom. The SMILES string of the molecule is CCc1ccc(C(=O)N(C)C2CCN(C)CC2)cc1. The topological polar surface area (TPSA) is 23.6 Å². The Balaban J connectivity index is 2.01. The van der Waals surface area contributed by atoms with Gasteiger partial charge in [0.1, 0.15) is 0 Å². The summed E-state index contributed by atoms with van der Waals surface area (Å²) in [7, 11) is 4.08. The van der Waals surface area contributed by atoms with Crippen molar-refractivity contribution in [3.05, 3.63) is 35.4 Å². The van der Waals surface area contributed by atoms with E-state index in [1.54, 1.807) is 0 Å². The number of hydrogen-bond donors (Lipinski definition) is 0. The molecule has 0 aromatic heterocycles. The Hall–Kier alpha value is -1.35. The molecule has 0 atom stereocenters. The number of nitrogens with zero attached hydrogens (tertiary/aromatic N) is 2. The molecule has 0 radical (unpaired) electrons. The molecule has 0 bridgehead atoms. The molecule has 1 aliphatic rings. The first-order valence-electron chi connectivity index (χ1n) is 7.16. The van der Waals surface area contributed by atoms with Crippen LogP contribution in [0.2, 0.25) is 0 Å². The van der Waals surface area contributed by atoms with E-state index in [-0.39, 0.29) is 5.91 Å². The van der Waals surface area contributed by atoms with Gasteiger partial charge in [0.2, 0.25) is 0 Å². The first-order valence-corrected chi connectivity index (χ1v) is 7.16. The number of amides is 1. The molecule has 104 valence electrons. The molecule has 1 aromatic rings. The van der Waals surface area contributed by atoms with Crippen LogP contribution in [0.3, 0.4) is 0 Å². The summed E-state index contributed by atoms with van der Waals surface area (Å²) < 4.78 is 0. The largest absolute Gasteiger partial charge is 0.339 e. The lowest BCUT2D eigenvalue weighted by Crippen LogP contribution is -2.44. The first-order chi connectivity index (χ1) is 9.11. The average molecular weight is 260 g/mol. The van der Waals surface area contributed by atoms with Gasteiger partial charge in [0.15, 0.2) is 0 Å². The lowest BCUT2D eigenvalue weighted by molar-refractivity contribution is 0.0659. The molecular weight excluding hydrogens is 236 g/mol. The molecule has 0 saturated carbocycles. The highest BCUT2D eigenvalue weighted by molar-refractivity contribution is 5.94. The van der Waals surface area contributed by atoms with Gasteiger partial charge in [-0.25, -0.2) is 0 Å². The van der Waals surface area contributed by atoms with Gasteiger partial charge in [-0.1, -0.05) is 19.1 Å². The maximum absolute atomic E-state index is 12.4. The summed E-state index contributed by atoms with van der Waals surface area (Å²) in [6.45, 7) is 4.29. The van der Waals surface area contributed by atoms with Gasteiger partial charge in [-0.3, -0.25) is 4.79 Å². The van der Waals surface area contributed by atoms with E-state index in [0.29, 0.717) is 6.04 Å². The second-order valence-electron chi connectivity index (χ2n) is 5.50. The van der Waals surface area contributed by atoms with Crippen molar-refractivity contribution in [2.75, 3.05) is 27.2 Å². The van der Waals surface area contributed by atoms with Crippen molar-refractivity contribution >= 4 is 5.91 Å². The van der Waals surface area contributed by atoms with E-state index in [1.165, 1.54) is 5.56 Å². The minimum Gasteiger partial charge on any atom is -0.339 e. The van der Waals surface area contributed by atoms with Crippen LogP contribution >= 0.6 is 0 Å². The van der Waals surface area contributed by atoms with Crippen LogP contribution in [0.1, 0.15) is 35.7 Å². The van der Waals surface area contributed by atoms with Crippen LogP contribution in [0.15, 0.2) is 24.3 Å². The van der Waals surface area contributed by atoms with Gasteiger partial charge < -0.3 is 9.80 Å². The molecule has 0 unspecified atom stereocenters. The summed E-state index contributed by atoms with van der Waals surface area (Å²) in [6.07, 6.45) is 3.16. The lowest BCUT2D eigenvalue weighted by Gasteiger charge is -2.35. The minimum absolute atomic E-state index is 0.150. The molecule has 0 spiro atoms. The molecular formula is C16H24N2O. The molecule has 1 aromatic carbocycles. The van der Waals surface area contributed by atoms with E-state index < -0.39 is 0 Å². The zero-order chi connectivity index (χ0) is 13.8. The summed E-state index contributed by atoms with van der Waals surface area (Å²) in [6, 6.07) is 8.39. The van der Waals surface area contributed by atoms with Crippen LogP contribution in [0.25, 0.3) is 0 Å². The number of benzene rings is 1. The molecule has 1 saturated heterocycles. The van der Waals surface area contributed by atoms with Gasteiger partial charge in [-0.2, -0.15) is 0 Å². The van der Waals surface area contributed by atoms with Gasteiger partial charge >= 0.3 is 0 Å². The summed E-state index contributed by atoms with van der Waals surface area (Å²) in [4.78, 5) is 16.7. The third-order valence-electron chi connectivity index (χ3n) is 4.17. The van der Waals surface area contributed by atoms with Crippen molar-refractivity contribution < 1.29 is 4.79 Å². The fourth-order valence-corrected chi connectivity index (χ4v) is 2.63. The predicted octanol–water partition coefficient (Wildman–Crippen LogP) is 2.42. The molecule has 0 N–H and O–H groups in total. The zero-order valence-corrected chi connectivity index (χ0v) is 12.2. The van der Waals surface area contributed by atoms with Gasteiger partial charge in [-0.15, -0.1) is 0 Å². The smallest absolute Gasteiger partial charge is 0.253 e. The summed E-state index contributed by atoms with van der Waals surface area (Å²) in [5.74, 6) is 0.150. The van der Waals surface area contributed by atoms with Crippen LogP contribution in [0.5, 0.6) is 0 Å². The molecule has 3 heteroatoms. The highest BCUT2D eigenvalue weighted by Gasteiger charge is 2.24. The monoisotopic (exact) mass is 260 g/mol. The van der Waals surface area contributed by atoms with Crippen LogP contribution in [-0.4, -0.2) is 48.9 Å².